The molecular weight excluding hydrogens is 256 g/mol. The Kier molecular flexibility index (Phi) is 4.37. The SMILES string of the molecule is Cc1ccccc1C(c1ccccc1)N1CCC(CN)C1. The molecule has 0 aromatic heterocycles. The molecule has 0 amide bonds. The molecular formula is C19H24N2. The summed E-state index contributed by atoms with van der Waals surface area (Å²) in [5.74, 6) is 0.639. The van der Waals surface area contributed by atoms with Gasteiger partial charge in [0.15, 0.2) is 0 Å². The third-order valence-corrected chi connectivity index (χ3v) is 4.61. The standard InChI is InChI=1S/C19H24N2/c1-15-7-5-6-10-18(15)19(17-8-3-2-4-9-17)21-12-11-16(13-20)14-21/h2-10,16,19H,11-14,20H2,1H3. The van der Waals surface area contributed by atoms with E-state index in [0.717, 1.165) is 19.6 Å². The van der Waals surface area contributed by atoms with Crippen molar-refractivity contribution in [3.8, 4) is 0 Å². The minimum Gasteiger partial charge on any atom is -0.330 e. The largest absolute Gasteiger partial charge is 0.330 e. The van der Waals surface area contributed by atoms with Gasteiger partial charge in [-0.3, -0.25) is 4.90 Å². The van der Waals surface area contributed by atoms with Crippen LogP contribution in [-0.4, -0.2) is 24.5 Å². The molecule has 0 bridgehead atoms. The summed E-state index contributed by atoms with van der Waals surface area (Å²) in [7, 11) is 0. The molecule has 1 heterocycles. The second-order valence-electron chi connectivity index (χ2n) is 6.06. The Morgan fingerprint density at radius 1 is 1.10 bits per heavy atom. The molecule has 2 unspecified atom stereocenters. The van der Waals surface area contributed by atoms with Crippen molar-refractivity contribution in [1.29, 1.82) is 0 Å². The Morgan fingerprint density at radius 2 is 1.81 bits per heavy atom. The number of likely N-dealkylation sites (tertiary alicyclic amines) is 1. The van der Waals surface area contributed by atoms with Crippen LogP contribution in [0.5, 0.6) is 0 Å². The van der Waals surface area contributed by atoms with Crippen LogP contribution >= 0.6 is 0 Å². The zero-order chi connectivity index (χ0) is 14.7. The zero-order valence-electron chi connectivity index (χ0n) is 12.7. The fraction of sp³-hybridized carbons (Fsp3) is 0.368. The van der Waals surface area contributed by atoms with Crippen LogP contribution in [0.4, 0.5) is 0 Å². The lowest BCUT2D eigenvalue weighted by Gasteiger charge is -2.30. The van der Waals surface area contributed by atoms with Crippen LogP contribution in [0.3, 0.4) is 0 Å². The molecule has 2 nitrogen and oxygen atoms in total. The van der Waals surface area contributed by atoms with Gasteiger partial charge in [-0.05, 0) is 49.0 Å². The maximum Gasteiger partial charge on any atom is 0.0604 e. The summed E-state index contributed by atoms with van der Waals surface area (Å²) in [6, 6.07) is 19.9. The van der Waals surface area contributed by atoms with E-state index in [1.165, 1.54) is 23.1 Å². The van der Waals surface area contributed by atoms with Gasteiger partial charge in [-0.15, -0.1) is 0 Å². The first-order valence-corrected chi connectivity index (χ1v) is 7.84. The molecule has 2 aromatic carbocycles. The number of rotatable bonds is 4. The second-order valence-corrected chi connectivity index (χ2v) is 6.06. The Balaban J connectivity index is 1.98. The van der Waals surface area contributed by atoms with Gasteiger partial charge in [0, 0.05) is 6.54 Å². The first kappa shape index (κ1) is 14.3. The Labute approximate surface area is 127 Å². The van der Waals surface area contributed by atoms with E-state index in [2.05, 4.69) is 66.4 Å². The Morgan fingerprint density at radius 3 is 2.48 bits per heavy atom. The number of hydrogen-bond acceptors (Lipinski definition) is 2. The predicted molar refractivity (Wildman–Crippen MR) is 88.2 cm³/mol. The average Bonchev–Trinajstić information content (AvgIpc) is 2.99. The molecule has 0 radical (unpaired) electrons. The highest BCUT2D eigenvalue weighted by atomic mass is 15.2. The molecule has 3 rings (SSSR count). The van der Waals surface area contributed by atoms with Gasteiger partial charge in [-0.1, -0.05) is 54.6 Å². The van der Waals surface area contributed by atoms with Crippen LogP contribution in [0.15, 0.2) is 54.6 Å². The molecule has 2 atom stereocenters. The van der Waals surface area contributed by atoms with Crippen molar-refractivity contribution >= 4 is 0 Å². The van der Waals surface area contributed by atoms with E-state index < -0.39 is 0 Å². The lowest BCUT2D eigenvalue weighted by molar-refractivity contribution is 0.270. The fourth-order valence-electron chi connectivity index (χ4n) is 3.41. The summed E-state index contributed by atoms with van der Waals surface area (Å²) >= 11 is 0. The van der Waals surface area contributed by atoms with Crippen LogP contribution in [0, 0.1) is 12.8 Å². The lowest BCUT2D eigenvalue weighted by Crippen LogP contribution is -2.29. The van der Waals surface area contributed by atoms with E-state index in [0.29, 0.717) is 12.0 Å². The molecule has 2 heteroatoms. The third-order valence-electron chi connectivity index (χ3n) is 4.61. The lowest BCUT2D eigenvalue weighted by atomic mass is 9.94. The molecule has 21 heavy (non-hydrogen) atoms. The molecule has 0 saturated carbocycles. The third kappa shape index (κ3) is 3.02. The molecule has 2 aromatic rings. The maximum atomic E-state index is 5.88. The van der Waals surface area contributed by atoms with Gasteiger partial charge in [0.2, 0.25) is 0 Å². The topological polar surface area (TPSA) is 29.3 Å². The smallest absolute Gasteiger partial charge is 0.0604 e. The summed E-state index contributed by atoms with van der Waals surface area (Å²) in [6.45, 7) is 5.24. The highest BCUT2D eigenvalue weighted by Gasteiger charge is 2.30. The minimum absolute atomic E-state index is 0.351. The minimum atomic E-state index is 0.351. The predicted octanol–water partition coefficient (Wildman–Crippen LogP) is 3.37. The highest BCUT2D eigenvalue weighted by molar-refractivity contribution is 5.37. The maximum absolute atomic E-state index is 5.88. The van der Waals surface area contributed by atoms with Crippen LogP contribution < -0.4 is 5.73 Å². The highest BCUT2D eigenvalue weighted by Crippen LogP contribution is 2.34. The van der Waals surface area contributed by atoms with Crippen molar-refractivity contribution < 1.29 is 0 Å². The zero-order valence-corrected chi connectivity index (χ0v) is 12.7. The summed E-state index contributed by atoms with van der Waals surface area (Å²) in [6.07, 6.45) is 1.21. The molecule has 1 aliphatic heterocycles. The number of nitrogens with two attached hydrogens (primary N) is 1. The second kappa shape index (κ2) is 6.42. The van der Waals surface area contributed by atoms with E-state index in [1.54, 1.807) is 0 Å². The number of aryl methyl sites for hydroxylation is 1. The molecule has 1 aliphatic rings. The quantitative estimate of drug-likeness (QED) is 0.930. The summed E-state index contributed by atoms with van der Waals surface area (Å²) in [4.78, 5) is 2.59. The van der Waals surface area contributed by atoms with Crippen LogP contribution in [0.1, 0.15) is 29.2 Å². The van der Waals surface area contributed by atoms with E-state index in [4.69, 9.17) is 5.73 Å². The first-order valence-electron chi connectivity index (χ1n) is 7.84. The van der Waals surface area contributed by atoms with Crippen molar-refractivity contribution in [1.82, 2.24) is 4.90 Å². The van der Waals surface area contributed by atoms with Crippen molar-refractivity contribution in [3.05, 3.63) is 71.3 Å². The number of benzene rings is 2. The Bertz CT molecular complexity index is 579. The molecule has 0 aliphatic carbocycles. The molecule has 1 fully saturated rings. The number of nitrogens with zero attached hydrogens (tertiary/aromatic N) is 1. The van der Waals surface area contributed by atoms with Gasteiger partial charge >= 0.3 is 0 Å². The van der Waals surface area contributed by atoms with Gasteiger partial charge in [-0.2, -0.15) is 0 Å². The summed E-state index contributed by atoms with van der Waals surface area (Å²) in [5.41, 5.74) is 10.0. The first-order chi connectivity index (χ1) is 10.3. The van der Waals surface area contributed by atoms with E-state index in [9.17, 15) is 0 Å². The van der Waals surface area contributed by atoms with E-state index in [-0.39, 0.29) is 0 Å². The van der Waals surface area contributed by atoms with Crippen molar-refractivity contribution in [2.75, 3.05) is 19.6 Å². The van der Waals surface area contributed by atoms with Crippen LogP contribution in [0.25, 0.3) is 0 Å². The van der Waals surface area contributed by atoms with Crippen LogP contribution in [0.2, 0.25) is 0 Å². The van der Waals surface area contributed by atoms with Gasteiger partial charge in [0.05, 0.1) is 6.04 Å². The van der Waals surface area contributed by atoms with Crippen molar-refractivity contribution in [3.63, 3.8) is 0 Å². The van der Waals surface area contributed by atoms with Gasteiger partial charge in [-0.25, -0.2) is 0 Å². The average molecular weight is 280 g/mol. The molecule has 1 saturated heterocycles. The van der Waals surface area contributed by atoms with Crippen LogP contribution in [-0.2, 0) is 0 Å². The van der Waals surface area contributed by atoms with Gasteiger partial charge in [0.25, 0.3) is 0 Å². The van der Waals surface area contributed by atoms with E-state index >= 15 is 0 Å². The van der Waals surface area contributed by atoms with Crippen molar-refractivity contribution in [2.24, 2.45) is 11.7 Å². The summed E-state index contributed by atoms with van der Waals surface area (Å²) < 4.78 is 0. The van der Waals surface area contributed by atoms with E-state index in [1.807, 2.05) is 0 Å². The van der Waals surface area contributed by atoms with Gasteiger partial charge in [0.1, 0.15) is 0 Å². The molecule has 0 spiro atoms. The molecule has 110 valence electrons. The van der Waals surface area contributed by atoms with Crippen molar-refractivity contribution in [2.45, 2.75) is 19.4 Å². The fourth-order valence-corrected chi connectivity index (χ4v) is 3.41. The summed E-state index contributed by atoms with van der Waals surface area (Å²) in [5, 5.41) is 0. The molecule has 2 N–H and O–H groups in total. The number of hydrogen-bond donors (Lipinski definition) is 1. The van der Waals surface area contributed by atoms with Gasteiger partial charge < -0.3 is 5.73 Å². The normalized spacial score (nSPS) is 20.6. The monoisotopic (exact) mass is 280 g/mol. The Hall–Kier alpha value is -1.64.